The molecule has 0 aliphatic rings. The fourth-order valence-electron chi connectivity index (χ4n) is 1.49. The lowest BCUT2D eigenvalue weighted by Gasteiger charge is -2.08. The van der Waals surface area contributed by atoms with Crippen LogP contribution in [0.1, 0.15) is 11.1 Å². The lowest BCUT2D eigenvalue weighted by atomic mass is 10.2. The number of benzene rings is 2. The molecule has 0 aliphatic heterocycles. The summed E-state index contributed by atoms with van der Waals surface area (Å²) in [4.78, 5) is 0. The number of nitrogens with zero attached hydrogens (tertiary/aromatic N) is 1. The van der Waals surface area contributed by atoms with Crippen molar-refractivity contribution in [1.29, 1.82) is 5.26 Å². The quantitative estimate of drug-likeness (QED) is 0.859. The van der Waals surface area contributed by atoms with E-state index < -0.39 is 0 Å². The largest absolute Gasteiger partial charge is 0.489 e. The molecule has 3 nitrogen and oxygen atoms in total. The lowest BCUT2D eigenvalue weighted by Crippen LogP contribution is -1.97. The van der Waals surface area contributed by atoms with Crippen molar-refractivity contribution in [2.24, 2.45) is 0 Å². The molecular weight excluding hydrogens is 248 g/mol. The van der Waals surface area contributed by atoms with Crippen LogP contribution in [0.15, 0.2) is 42.5 Å². The predicted octanol–water partition coefficient (Wildman–Crippen LogP) is 3.37. The zero-order valence-electron chi connectivity index (χ0n) is 9.56. The monoisotopic (exact) mass is 258 g/mol. The van der Waals surface area contributed by atoms with Crippen LogP contribution in [0.25, 0.3) is 0 Å². The van der Waals surface area contributed by atoms with E-state index in [-0.39, 0.29) is 0 Å². The summed E-state index contributed by atoms with van der Waals surface area (Å²) >= 11 is 6.03. The molecule has 2 rings (SSSR count). The molecule has 2 aromatic rings. The Morgan fingerprint density at radius 2 is 1.89 bits per heavy atom. The Bertz CT molecular complexity index is 588. The summed E-state index contributed by atoms with van der Waals surface area (Å²) in [6.45, 7) is 0.343. The highest BCUT2D eigenvalue weighted by atomic mass is 35.5. The molecule has 0 spiro atoms. The van der Waals surface area contributed by atoms with Crippen LogP contribution in [0.4, 0.5) is 5.69 Å². The summed E-state index contributed by atoms with van der Waals surface area (Å²) in [6, 6.07) is 14.2. The van der Waals surface area contributed by atoms with Gasteiger partial charge in [-0.15, -0.1) is 0 Å². The van der Waals surface area contributed by atoms with Crippen molar-refractivity contribution in [1.82, 2.24) is 0 Å². The number of rotatable bonds is 3. The molecule has 4 heteroatoms. The van der Waals surface area contributed by atoms with Gasteiger partial charge in [-0.3, -0.25) is 0 Å². The number of ether oxygens (including phenoxy) is 1. The third-order valence-corrected chi connectivity index (χ3v) is 2.82. The highest BCUT2D eigenvalue weighted by molar-refractivity contribution is 6.31. The Morgan fingerprint density at radius 3 is 2.56 bits per heavy atom. The summed E-state index contributed by atoms with van der Waals surface area (Å²) in [7, 11) is 0. The number of nitriles is 1. The molecule has 2 aromatic carbocycles. The van der Waals surface area contributed by atoms with Crippen LogP contribution in [0.3, 0.4) is 0 Å². The molecule has 0 aromatic heterocycles. The Labute approximate surface area is 110 Å². The maximum Gasteiger partial charge on any atom is 0.119 e. The van der Waals surface area contributed by atoms with Crippen molar-refractivity contribution in [3.63, 3.8) is 0 Å². The van der Waals surface area contributed by atoms with Gasteiger partial charge < -0.3 is 10.5 Å². The summed E-state index contributed by atoms with van der Waals surface area (Å²) in [5.74, 6) is 0.687. The van der Waals surface area contributed by atoms with Crippen molar-refractivity contribution >= 4 is 17.3 Å². The molecule has 2 N–H and O–H groups in total. The molecule has 0 unspecified atom stereocenters. The summed E-state index contributed by atoms with van der Waals surface area (Å²) in [5.41, 5.74) is 7.77. The average Bonchev–Trinajstić information content (AvgIpc) is 2.40. The topological polar surface area (TPSA) is 59.0 Å². The minimum atomic E-state index is 0.343. The first-order valence-corrected chi connectivity index (χ1v) is 5.73. The molecule has 90 valence electrons. The maximum absolute atomic E-state index is 8.68. The van der Waals surface area contributed by atoms with Gasteiger partial charge in [-0.25, -0.2) is 0 Å². The second-order valence-corrected chi connectivity index (χ2v) is 4.18. The average molecular weight is 259 g/mol. The molecule has 0 saturated heterocycles. The van der Waals surface area contributed by atoms with Crippen molar-refractivity contribution in [2.75, 3.05) is 5.73 Å². The summed E-state index contributed by atoms with van der Waals surface area (Å²) in [6.07, 6.45) is 0. The van der Waals surface area contributed by atoms with Crippen molar-refractivity contribution in [2.45, 2.75) is 6.61 Å². The normalized spacial score (nSPS) is 9.78. The van der Waals surface area contributed by atoms with Gasteiger partial charge in [0, 0.05) is 16.3 Å². The second-order valence-electron chi connectivity index (χ2n) is 3.78. The Kier molecular flexibility index (Phi) is 3.71. The molecule has 0 aliphatic carbocycles. The highest BCUT2D eigenvalue weighted by Gasteiger charge is 2.02. The van der Waals surface area contributed by atoms with E-state index in [9.17, 15) is 0 Å². The first kappa shape index (κ1) is 12.3. The van der Waals surface area contributed by atoms with Crippen LogP contribution in [0.5, 0.6) is 5.75 Å². The van der Waals surface area contributed by atoms with E-state index >= 15 is 0 Å². The van der Waals surface area contributed by atoms with Gasteiger partial charge in [-0.1, -0.05) is 11.6 Å². The summed E-state index contributed by atoms with van der Waals surface area (Å²) in [5, 5.41) is 9.30. The van der Waals surface area contributed by atoms with Gasteiger partial charge in [0.2, 0.25) is 0 Å². The van der Waals surface area contributed by atoms with Crippen molar-refractivity contribution < 1.29 is 4.74 Å². The van der Waals surface area contributed by atoms with E-state index in [1.54, 1.807) is 42.5 Å². The van der Waals surface area contributed by atoms with Crippen molar-refractivity contribution in [3.05, 3.63) is 58.6 Å². The van der Waals surface area contributed by atoms with Gasteiger partial charge in [0.05, 0.1) is 11.6 Å². The molecule has 0 heterocycles. The number of halogens is 1. The zero-order valence-corrected chi connectivity index (χ0v) is 10.3. The molecule has 0 saturated carbocycles. The highest BCUT2D eigenvalue weighted by Crippen LogP contribution is 2.21. The number of hydrogen-bond acceptors (Lipinski definition) is 3. The molecule has 0 amide bonds. The smallest absolute Gasteiger partial charge is 0.119 e. The van der Waals surface area contributed by atoms with Gasteiger partial charge in [-0.05, 0) is 42.5 Å². The van der Waals surface area contributed by atoms with Crippen LogP contribution in [-0.2, 0) is 6.61 Å². The number of nitrogens with two attached hydrogens (primary N) is 1. The summed E-state index contributed by atoms with van der Waals surface area (Å²) < 4.78 is 5.58. The van der Waals surface area contributed by atoms with Crippen LogP contribution >= 0.6 is 11.6 Å². The van der Waals surface area contributed by atoms with Gasteiger partial charge >= 0.3 is 0 Å². The second kappa shape index (κ2) is 5.44. The van der Waals surface area contributed by atoms with Crippen LogP contribution in [0.2, 0.25) is 5.02 Å². The third-order valence-electron chi connectivity index (χ3n) is 2.45. The lowest BCUT2D eigenvalue weighted by molar-refractivity contribution is 0.306. The van der Waals surface area contributed by atoms with Crippen LogP contribution in [0, 0.1) is 11.3 Å². The number of anilines is 1. The van der Waals surface area contributed by atoms with E-state index in [1.165, 1.54) is 0 Å². The van der Waals surface area contributed by atoms with E-state index in [2.05, 4.69) is 6.07 Å². The van der Waals surface area contributed by atoms with Gasteiger partial charge in [0.15, 0.2) is 0 Å². The van der Waals surface area contributed by atoms with Gasteiger partial charge in [0.25, 0.3) is 0 Å². The van der Waals surface area contributed by atoms with Crippen molar-refractivity contribution in [3.8, 4) is 11.8 Å². The van der Waals surface area contributed by atoms with E-state index in [0.717, 1.165) is 5.56 Å². The molecular formula is C14H11ClN2O. The Morgan fingerprint density at radius 1 is 1.17 bits per heavy atom. The molecule has 18 heavy (non-hydrogen) atoms. The predicted molar refractivity (Wildman–Crippen MR) is 71.4 cm³/mol. The Balaban J connectivity index is 2.07. The fraction of sp³-hybridized carbons (Fsp3) is 0.0714. The first-order valence-electron chi connectivity index (χ1n) is 5.36. The molecule has 0 bridgehead atoms. The standard InChI is InChI=1S/C14H11ClN2O/c15-14-6-3-12(17)7-11(14)9-18-13-4-1-10(8-16)2-5-13/h1-7H,9,17H2. The maximum atomic E-state index is 8.68. The number of hydrogen-bond donors (Lipinski definition) is 1. The fourth-order valence-corrected chi connectivity index (χ4v) is 1.66. The Hall–Kier alpha value is -2.18. The minimum absolute atomic E-state index is 0.343. The molecule has 0 atom stereocenters. The number of nitrogen functional groups attached to an aromatic ring is 1. The third kappa shape index (κ3) is 2.93. The SMILES string of the molecule is N#Cc1ccc(OCc2cc(N)ccc2Cl)cc1. The molecule has 0 radical (unpaired) electrons. The van der Waals surface area contributed by atoms with Crippen LogP contribution < -0.4 is 10.5 Å². The molecule has 0 fully saturated rings. The minimum Gasteiger partial charge on any atom is -0.489 e. The van der Waals surface area contributed by atoms with Gasteiger partial charge in [-0.2, -0.15) is 5.26 Å². The van der Waals surface area contributed by atoms with Crippen LogP contribution in [-0.4, -0.2) is 0 Å². The zero-order chi connectivity index (χ0) is 13.0. The van der Waals surface area contributed by atoms with Gasteiger partial charge in [0.1, 0.15) is 12.4 Å². The first-order chi connectivity index (χ1) is 8.69. The van der Waals surface area contributed by atoms with E-state index in [1.807, 2.05) is 0 Å². The van der Waals surface area contributed by atoms with E-state index in [0.29, 0.717) is 28.6 Å². The van der Waals surface area contributed by atoms with E-state index in [4.69, 9.17) is 27.3 Å².